The summed E-state index contributed by atoms with van der Waals surface area (Å²) in [4.78, 5) is 18.0. The summed E-state index contributed by atoms with van der Waals surface area (Å²) in [7, 11) is 4.73. The molecule has 1 aliphatic carbocycles. The molecule has 0 aromatic heterocycles. The number of benzene rings is 2. The Morgan fingerprint density at radius 1 is 0.909 bits per heavy atom. The second-order valence-electron chi connectivity index (χ2n) is 8.74. The van der Waals surface area contributed by atoms with Gasteiger partial charge in [-0.1, -0.05) is 6.07 Å². The summed E-state index contributed by atoms with van der Waals surface area (Å²) in [6, 6.07) is 7.96. The predicted octanol–water partition coefficient (Wildman–Crippen LogP) is 3.13. The maximum Gasteiger partial charge on any atom is 0.204 e. The second kappa shape index (κ2) is 10.0. The Morgan fingerprint density at radius 2 is 1.64 bits per heavy atom. The number of aryl methyl sites for hydroxylation is 2. The van der Waals surface area contributed by atoms with Crippen LogP contribution in [0.15, 0.2) is 24.3 Å². The molecule has 2 aromatic carbocycles. The van der Waals surface area contributed by atoms with Gasteiger partial charge in [-0.2, -0.15) is 0 Å². The van der Waals surface area contributed by atoms with Gasteiger partial charge in [-0.3, -0.25) is 14.6 Å². The Bertz CT molecular complexity index is 1010. The number of Topliss-reactive ketones (excluding diaryl/α,β-unsaturated/α-hetero) is 1. The Hall–Kier alpha value is -2.77. The van der Waals surface area contributed by atoms with Gasteiger partial charge in [-0.15, -0.1) is 0 Å². The fraction of sp³-hybridized carbons (Fsp3) is 0.500. The zero-order valence-corrected chi connectivity index (χ0v) is 20.3. The van der Waals surface area contributed by atoms with Crippen molar-refractivity contribution in [2.24, 2.45) is 0 Å². The van der Waals surface area contributed by atoms with Gasteiger partial charge in [0, 0.05) is 32.7 Å². The minimum Gasteiger partial charge on any atom is -0.493 e. The highest BCUT2D eigenvalue weighted by Crippen LogP contribution is 2.45. The van der Waals surface area contributed by atoms with Gasteiger partial charge in [0.1, 0.15) is 12.4 Å². The molecule has 4 rings (SSSR count). The van der Waals surface area contributed by atoms with Crippen molar-refractivity contribution in [3.8, 4) is 23.0 Å². The van der Waals surface area contributed by atoms with Crippen molar-refractivity contribution >= 4 is 5.78 Å². The Labute approximate surface area is 196 Å². The Kier molecular flexibility index (Phi) is 7.10. The third-order valence-electron chi connectivity index (χ3n) is 6.88. The third kappa shape index (κ3) is 4.66. The summed E-state index contributed by atoms with van der Waals surface area (Å²) in [6.07, 6.45) is 0.667. The molecule has 1 saturated heterocycles. The lowest BCUT2D eigenvalue weighted by Crippen LogP contribution is -2.52. The quantitative estimate of drug-likeness (QED) is 0.607. The average Bonchev–Trinajstić information content (AvgIpc) is 3.16. The summed E-state index contributed by atoms with van der Waals surface area (Å²) < 4.78 is 22.5. The van der Waals surface area contributed by atoms with Crippen LogP contribution in [0.5, 0.6) is 23.0 Å². The fourth-order valence-corrected chi connectivity index (χ4v) is 4.80. The highest BCUT2D eigenvalue weighted by molar-refractivity contribution is 6.07. The van der Waals surface area contributed by atoms with Crippen molar-refractivity contribution < 1.29 is 23.7 Å². The zero-order chi connectivity index (χ0) is 23.5. The van der Waals surface area contributed by atoms with Crippen LogP contribution in [-0.4, -0.2) is 82.3 Å². The van der Waals surface area contributed by atoms with Gasteiger partial charge < -0.3 is 18.9 Å². The standard InChI is InChI=1S/C26H34N2O5/c1-17-6-7-20(14-18(17)2)33-13-12-27-8-10-28(11-9-27)21-15-19-16-22(30-3)25(31-4)26(32-5)23(19)24(21)29/h6-7,14,16,21H,8-13,15H2,1-5H3. The molecule has 1 unspecified atom stereocenters. The smallest absolute Gasteiger partial charge is 0.204 e. The van der Waals surface area contributed by atoms with E-state index in [1.807, 2.05) is 12.1 Å². The number of methoxy groups -OCH3 is 3. The topological polar surface area (TPSA) is 60.5 Å². The first-order valence-electron chi connectivity index (χ1n) is 11.5. The van der Waals surface area contributed by atoms with E-state index in [0.29, 0.717) is 35.8 Å². The van der Waals surface area contributed by atoms with Gasteiger partial charge >= 0.3 is 0 Å². The van der Waals surface area contributed by atoms with Crippen LogP contribution in [-0.2, 0) is 6.42 Å². The van der Waals surface area contributed by atoms with Crippen molar-refractivity contribution in [2.45, 2.75) is 26.3 Å². The number of rotatable bonds is 8. The van der Waals surface area contributed by atoms with Crippen LogP contribution in [0.3, 0.4) is 0 Å². The number of carbonyl (C=O) groups excluding carboxylic acids is 1. The molecule has 0 saturated carbocycles. The molecular formula is C26H34N2O5. The van der Waals surface area contributed by atoms with Gasteiger partial charge in [0.2, 0.25) is 5.75 Å². The molecular weight excluding hydrogens is 420 g/mol. The van der Waals surface area contributed by atoms with Crippen molar-refractivity contribution in [1.29, 1.82) is 0 Å². The molecule has 2 aliphatic rings. The van der Waals surface area contributed by atoms with Crippen LogP contribution in [0.1, 0.15) is 27.0 Å². The lowest BCUT2D eigenvalue weighted by Gasteiger charge is -2.37. The van der Waals surface area contributed by atoms with E-state index in [2.05, 4.69) is 35.8 Å². The van der Waals surface area contributed by atoms with E-state index in [0.717, 1.165) is 44.0 Å². The lowest BCUT2D eigenvalue weighted by atomic mass is 10.1. The van der Waals surface area contributed by atoms with E-state index in [-0.39, 0.29) is 11.8 Å². The first-order valence-corrected chi connectivity index (χ1v) is 11.5. The van der Waals surface area contributed by atoms with Crippen molar-refractivity contribution in [3.05, 3.63) is 46.5 Å². The number of hydrogen-bond donors (Lipinski definition) is 0. The van der Waals surface area contributed by atoms with E-state index < -0.39 is 0 Å². The predicted molar refractivity (Wildman–Crippen MR) is 127 cm³/mol. The molecule has 33 heavy (non-hydrogen) atoms. The van der Waals surface area contributed by atoms with E-state index in [9.17, 15) is 4.79 Å². The molecule has 0 spiro atoms. The molecule has 178 valence electrons. The molecule has 2 aromatic rings. The van der Waals surface area contributed by atoms with Crippen molar-refractivity contribution in [3.63, 3.8) is 0 Å². The normalized spacial score (nSPS) is 18.8. The number of ketones is 1. The SMILES string of the molecule is COc1cc2c(c(OC)c1OC)C(=O)C(N1CCN(CCOc3ccc(C)c(C)c3)CC1)C2. The molecule has 0 N–H and O–H groups in total. The van der Waals surface area contributed by atoms with E-state index >= 15 is 0 Å². The highest BCUT2D eigenvalue weighted by atomic mass is 16.5. The van der Waals surface area contributed by atoms with Crippen LogP contribution < -0.4 is 18.9 Å². The average molecular weight is 455 g/mol. The third-order valence-corrected chi connectivity index (χ3v) is 6.88. The molecule has 7 nitrogen and oxygen atoms in total. The first kappa shape index (κ1) is 23.4. The Balaban J connectivity index is 1.34. The largest absolute Gasteiger partial charge is 0.493 e. The molecule has 0 amide bonds. The maximum absolute atomic E-state index is 13.4. The maximum atomic E-state index is 13.4. The number of fused-ring (bicyclic) bond motifs is 1. The monoisotopic (exact) mass is 454 g/mol. The van der Waals surface area contributed by atoms with E-state index in [4.69, 9.17) is 18.9 Å². The first-order chi connectivity index (χ1) is 16.0. The van der Waals surface area contributed by atoms with Crippen LogP contribution in [0, 0.1) is 13.8 Å². The molecule has 7 heteroatoms. The summed E-state index contributed by atoms with van der Waals surface area (Å²) in [5.41, 5.74) is 4.11. The van der Waals surface area contributed by atoms with Gasteiger partial charge in [-0.25, -0.2) is 0 Å². The Morgan fingerprint density at radius 3 is 2.27 bits per heavy atom. The number of hydrogen-bond acceptors (Lipinski definition) is 7. The van der Waals surface area contributed by atoms with Crippen LogP contribution >= 0.6 is 0 Å². The zero-order valence-electron chi connectivity index (χ0n) is 20.3. The van der Waals surface area contributed by atoms with E-state index in [1.165, 1.54) is 11.1 Å². The minimum atomic E-state index is -0.167. The summed E-state index contributed by atoms with van der Waals surface area (Å²) >= 11 is 0. The fourth-order valence-electron chi connectivity index (χ4n) is 4.80. The minimum absolute atomic E-state index is 0.106. The number of nitrogens with zero attached hydrogens (tertiary/aromatic N) is 2. The van der Waals surface area contributed by atoms with Crippen molar-refractivity contribution in [2.75, 3.05) is 60.7 Å². The summed E-state index contributed by atoms with van der Waals surface area (Å²) in [5, 5.41) is 0. The number of carbonyl (C=O) groups is 1. The van der Waals surface area contributed by atoms with Crippen LogP contribution in [0.25, 0.3) is 0 Å². The second-order valence-corrected chi connectivity index (χ2v) is 8.74. The number of ether oxygens (including phenoxy) is 4. The molecule has 1 atom stereocenters. The summed E-state index contributed by atoms with van der Waals surface area (Å²) in [6.45, 7) is 9.28. The highest BCUT2D eigenvalue weighted by Gasteiger charge is 2.40. The van der Waals surface area contributed by atoms with Crippen LogP contribution in [0.4, 0.5) is 0 Å². The molecule has 1 aliphatic heterocycles. The molecule has 0 bridgehead atoms. The van der Waals surface area contributed by atoms with Gasteiger partial charge in [0.15, 0.2) is 17.3 Å². The van der Waals surface area contributed by atoms with Gasteiger partial charge in [0.05, 0.1) is 32.9 Å². The van der Waals surface area contributed by atoms with Crippen molar-refractivity contribution in [1.82, 2.24) is 9.80 Å². The molecule has 0 radical (unpaired) electrons. The molecule has 1 fully saturated rings. The van der Waals surface area contributed by atoms with Crippen LogP contribution in [0.2, 0.25) is 0 Å². The van der Waals surface area contributed by atoms with Gasteiger partial charge in [0.25, 0.3) is 0 Å². The number of piperazine rings is 1. The van der Waals surface area contributed by atoms with E-state index in [1.54, 1.807) is 21.3 Å². The summed E-state index contributed by atoms with van der Waals surface area (Å²) in [5.74, 6) is 2.57. The lowest BCUT2D eigenvalue weighted by molar-refractivity contribution is 0.0665. The molecule has 1 heterocycles. The van der Waals surface area contributed by atoms with Gasteiger partial charge in [-0.05, 0) is 55.2 Å².